The quantitative estimate of drug-likeness (QED) is 0.673. The van der Waals surface area contributed by atoms with Crippen molar-refractivity contribution in [2.45, 2.75) is 6.18 Å². The van der Waals surface area contributed by atoms with Gasteiger partial charge in [-0.15, -0.1) is 0 Å². The molecule has 0 atom stereocenters. The molecule has 6 heteroatoms. The van der Waals surface area contributed by atoms with Crippen LogP contribution in [0.25, 0.3) is 16.9 Å². The van der Waals surface area contributed by atoms with Crippen LogP contribution in [0, 0.1) is 0 Å². The Hall–Kier alpha value is -2.37. The highest BCUT2D eigenvalue weighted by Gasteiger charge is 2.30. The lowest BCUT2D eigenvalue weighted by atomic mass is 10.1. The van der Waals surface area contributed by atoms with Gasteiger partial charge >= 0.3 is 6.18 Å². The summed E-state index contributed by atoms with van der Waals surface area (Å²) in [6, 6.07) is 6.85. The van der Waals surface area contributed by atoms with Crippen molar-refractivity contribution in [3.63, 3.8) is 0 Å². The van der Waals surface area contributed by atoms with Gasteiger partial charge in [0.05, 0.1) is 17.5 Å². The minimum Gasteiger partial charge on any atom is -0.283 e. The third-order valence-electron chi connectivity index (χ3n) is 2.80. The molecule has 0 amide bonds. The zero-order chi connectivity index (χ0) is 13.5. The summed E-state index contributed by atoms with van der Waals surface area (Å²) in [6.07, 6.45) is 0.277. The number of nitrogens with zero attached hydrogens (tertiary/aromatic N) is 3. The molecule has 19 heavy (non-hydrogen) atoms. The maximum atomic E-state index is 12.7. The molecule has 0 aliphatic heterocycles. The molecule has 0 radical (unpaired) electrons. The predicted octanol–water partition coefficient (Wildman–Crippen LogP) is 3.42. The first-order chi connectivity index (χ1) is 9.05. The standard InChI is InChI=1S/C13H8F3N3/c14-13(15,16)10-3-1-2-9(6-10)11-4-5-18-12-7-17-8-19(11)12/h1-8H. The second-order valence-electron chi connectivity index (χ2n) is 4.03. The van der Waals surface area contributed by atoms with Gasteiger partial charge in [0.1, 0.15) is 6.33 Å². The summed E-state index contributed by atoms with van der Waals surface area (Å²) in [4.78, 5) is 8.01. The second-order valence-corrected chi connectivity index (χ2v) is 4.03. The van der Waals surface area contributed by atoms with Crippen molar-refractivity contribution in [2.75, 3.05) is 0 Å². The highest BCUT2D eigenvalue weighted by Crippen LogP contribution is 2.32. The molecule has 3 nitrogen and oxygen atoms in total. The first-order valence-electron chi connectivity index (χ1n) is 5.50. The maximum Gasteiger partial charge on any atom is 0.416 e. The topological polar surface area (TPSA) is 30.2 Å². The zero-order valence-electron chi connectivity index (χ0n) is 9.59. The normalized spacial score (nSPS) is 11.9. The van der Waals surface area contributed by atoms with Crippen LogP contribution in [0.3, 0.4) is 0 Å². The Balaban J connectivity index is 2.19. The van der Waals surface area contributed by atoms with Crippen LogP contribution in [0.1, 0.15) is 5.56 Å². The van der Waals surface area contributed by atoms with Gasteiger partial charge in [0, 0.05) is 6.20 Å². The van der Waals surface area contributed by atoms with E-state index in [4.69, 9.17) is 0 Å². The van der Waals surface area contributed by atoms with E-state index < -0.39 is 11.7 Å². The van der Waals surface area contributed by atoms with Crippen LogP contribution in [0.2, 0.25) is 0 Å². The molecule has 3 rings (SSSR count). The molecule has 0 spiro atoms. The van der Waals surface area contributed by atoms with E-state index in [9.17, 15) is 13.2 Å². The number of imidazole rings is 1. The average Bonchev–Trinajstić information content (AvgIpc) is 2.86. The molecule has 0 aliphatic carbocycles. The maximum absolute atomic E-state index is 12.7. The van der Waals surface area contributed by atoms with E-state index in [1.165, 1.54) is 12.4 Å². The lowest BCUT2D eigenvalue weighted by Crippen LogP contribution is -2.05. The molecule has 0 bridgehead atoms. The Bertz CT molecular complexity index is 731. The van der Waals surface area contributed by atoms with Crippen molar-refractivity contribution >= 4 is 5.65 Å². The van der Waals surface area contributed by atoms with Crippen LogP contribution in [0.4, 0.5) is 13.2 Å². The molecule has 3 aromatic rings. The van der Waals surface area contributed by atoms with Crippen LogP contribution in [0.15, 0.2) is 49.1 Å². The molecule has 0 N–H and O–H groups in total. The Kier molecular flexibility index (Phi) is 2.51. The fourth-order valence-corrected chi connectivity index (χ4v) is 1.92. The average molecular weight is 263 g/mol. The number of fused-ring (bicyclic) bond motifs is 1. The van der Waals surface area contributed by atoms with Gasteiger partial charge < -0.3 is 0 Å². The number of halogens is 3. The van der Waals surface area contributed by atoms with Gasteiger partial charge in [-0.1, -0.05) is 12.1 Å². The van der Waals surface area contributed by atoms with Gasteiger partial charge in [0.25, 0.3) is 0 Å². The smallest absolute Gasteiger partial charge is 0.283 e. The van der Waals surface area contributed by atoms with Crippen molar-refractivity contribution in [2.24, 2.45) is 0 Å². The molecular formula is C13H8F3N3. The molecule has 96 valence electrons. The first-order valence-corrected chi connectivity index (χ1v) is 5.50. The number of hydrogen-bond acceptors (Lipinski definition) is 2. The third kappa shape index (κ3) is 2.05. The van der Waals surface area contributed by atoms with Gasteiger partial charge in [-0.05, 0) is 23.8 Å². The van der Waals surface area contributed by atoms with E-state index >= 15 is 0 Å². The molecule has 2 aromatic heterocycles. The molecule has 0 saturated heterocycles. The number of hydrogen-bond donors (Lipinski definition) is 0. The van der Waals surface area contributed by atoms with Crippen LogP contribution in [-0.2, 0) is 6.18 Å². The minimum atomic E-state index is -4.35. The van der Waals surface area contributed by atoms with Crippen molar-refractivity contribution < 1.29 is 13.2 Å². The number of aromatic nitrogens is 3. The number of benzene rings is 1. The largest absolute Gasteiger partial charge is 0.416 e. The Labute approximate surface area is 106 Å². The monoisotopic (exact) mass is 263 g/mol. The molecule has 0 saturated carbocycles. The molecular weight excluding hydrogens is 255 g/mol. The molecule has 0 aliphatic rings. The highest BCUT2D eigenvalue weighted by atomic mass is 19.4. The number of rotatable bonds is 1. The van der Waals surface area contributed by atoms with Gasteiger partial charge in [-0.25, -0.2) is 9.97 Å². The van der Waals surface area contributed by atoms with Crippen LogP contribution in [0.5, 0.6) is 0 Å². The fourth-order valence-electron chi connectivity index (χ4n) is 1.92. The Morgan fingerprint density at radius 1 is 1.11 bits per heavy atom. The van der Waals surface area contributed by atoms with Crippen LogP contribution >= 0.6 is 0 Å². The zero-order valence-corrected chi connectivity index (χ0v) is 9.59. The Morgan fingerprint density at radius 2 is 1.95 bits per heavy atom. The van der Waals surface area contributed by atoms with Crippen LogP contribution in [-0.4, -0.2) is 14.4 Å². The predicted molar refractivity (Wildman–Crippen MR) is 63.4 cm³/mol. The van der Waals surface area contributed by atoms with Gasteiger partial charge in [0.15, 0.2) is 5.65 Å². The van der Waals surface area contributed by atoms with E-state index in [0.29, 0.717) is 16.9 Å². The van der Waals surface area contributed by atoms with Crippen LogP contribution < -0.4 is 0 Å². The van der Waals surface area contributed by atoms with Crippen molar-refractivity contribution in [1.29, 1.82) is 0 Å². The lowest BCUT2D eigenvalue weighted by Gasteiger charge is -2.09. The summed E-state index contributed by atoms with van der Waals surface area (Å²) < 4.78 is 39.8. The minimum absolute atomic E-state index is 0.472. The summed E-state index contributed by atoms with van der Waals surface area (Å²) in [5, 5.41) is 0. The third-order valence-corrected chi connectivity index (χ3v) is 2.80. The summed E-state index contributed by atoms with van der Waals surface area (Å²) in [7, 11) is 0. The van der Waals surface area contributed by atoms with Gasteiger partial charge in [0.2, 0.25) is 0 Å². The molecule has 2 heterocycles. The molecule has 1 aromatic carbocycles. The molecule has 0 fully saturated rings. The lowest BCUT2D eigenvalue weighted by molar-refractivity contribution is -0.137. The summed E-state index contributed by atoms with van der Waals surface area (Å²) >= 11 is 0. The summed E-state index contributed by atoms with van der Waals surface area (Å²) in [5.74, 6) is 0. The van der Waals surface area contributed by atoms with Crippen molar-refractivity contribution in [3.05, 3.63) is 54.6 Å². The molecule has 0 unspecified atom stereocenters. The van der Waals surface area contributed by atoms with E-state index in [2.05, 4.69) is 9.97 Å². The first kappa shape index (κ1) is 11.7. The van der Waals surface area contributed by atoms with E-state index in [1.807, 2.05) is 0 Å². The summed E-state index contributed by atoms with van der Waals surface area (Å²) in [6.45, 7) is 0. The fraction of sp³-hybridized carbons (Fsp3) is 0.0769. The van der Waals surface area contributed by atoms with E-state index in [-0.39, 0.29) is 0 Å². The SMILES string of the molecule is FC(F)(F)c1cccc(-c2ccnc3cncn23)c1. The number of alkyl halides is 3. The Morgan fingerprint density at radius 3 is 2.74 bits per heavy atom. The van der Waals surface area contributed by atoms with E-state index in [0.717, 1.165) is 12.1 Å². The van der Waals surface area contributed by atoms with Gasteiger partial charge in [-0.3, -0.25) is 4.40 Å². The van der Waals surface area contributed by atoms with Crippen molar-refractivity contribution in [3.8, 4) is 11.3 Å². The summed E-state index contributed by atoms with van der Waals surface area (Å²) in [5.41, 5.74) is 1.01. The van der Waals surface area contributed by atoms with Crippen molar-refractivity contribution in [1.82, 2.24) is 14.4 Å². The van der Waals surface area contributed by atoms with Gasteiger partial charge in [-0.2, -0.15) is 13.2 Å². The van der Waals surface area contributed by atoms with E-state index in [1.54, 1.807) is 28.9 Å². The second kappa shape index (κ2) is 4.08. The highest BCUT2D eigenvalue weighted by molar-refractivity contribution is 5.63.